The first-order valence-electron chi connectivity index (χ1n) is 3.16. The molecule has 0 bridgehead atoms. The van der Waals surface area contributed by atoms with Crippen molar-refractivity contribution in [2.75, 3.05) is 0 Å². The third-order valence-corrected chi connectivity index (χ3v) is 2.29. The molecular weight excluding hydrogens is 156 g/mol. The summed E-state index contributed by atoms with van der Waals surface area (Å²) in [4.78, 5) is 2.17. The van der Waals surface area contributed by atoms with Gasteiger partial charge in [0.15, 0.2) is 0 Å². The summed E-state index contributed by atoms with van der Waals surface area (Å²) in [5.74, 6) is 0. The van der Waals surface area contributed by atoms with Crippen LogP contribution in [0.4, 0.5) is 0 Å². The summed E-state index contributed by atoms with van der Waals surface area (Å²) in [5, 5.41) is 8.30. The molecule has 0 amide bonds. The van der Waals surface area contributed by atoms with E-state index < -0.39 is 0 Å². The maximum Gasteiger partial charge on any atom is 0.0934 e. The van der Waals surface area contributed by atoms with Crippen molar-refractivity contribution in [1.82, 2.24) is 0 Å². The molecule has 1 aromatic rings. The first-order chi connectivity index (χ1) is 5.24. The van der Waals surface area contributed by atoms with E-state index >= 15 is 0 Å². The molecule has 0 spiro atoms. The molecule has 0 aliphatic rings. The van der Waals surface area contributed by atoms with Crippen LogP contribution in [-0.4, -0.2) is 0 Å². The molecule has 1 heterocycles. The van der Waals surface area contributed by atoms with Gasteiger partial charge >= 0.3 is 0 Å². The molecule has 0 aliphatic heterocycles. The lowest BCUT2D eigenvalue weighted by atomic mass is 10.3. The molecule has 2 nitrogen and oxygen atoms in total. The van der Waals surface area contributed by atoms with Crippen molar-refractivity contribution >= 4 is 17.0 Å². The van der Waals surface area contributed by atoms with Crippen LogP contribution in [0.2, 0.25) is 0 Å². The Labute approximate surface area is 69.6 Å². The molecule has 0 atom stereocenters. The largest absolute Gasteiger partial charge is 0.397 e. The predicted molar refractivity (Wildman–Crippen MR) is 46.8 cm³/mol. The lowest BCUT2D eigenvalue weighted by Crippen LogP contribution is -1.91. The zero-order valence-electron chi connectivity index (χ0n) is 6.16. The van der Waals surface area contributed by atoms with Crippen LogP contribution in [0.1, 0.15) is 9.75 Å². The summed E-state index contributed by atoms with van der Waals surface area (Å²) in [6.45, 7) is 2.01. The average molecular weight is 164 g/mol. The molecule has 0 unspecified atom stereocenters. The van der Waals surface area contributed by atoms with Gasteiger partial charge in [-0.05, 0) is 19.1 Å². The van der Waals surface area contributed by atoms with Gasteiger partial charge in [-0.2, -0.15) is 5.26 Å². The summed E-state index contributed by atoms with van der Waals surface area (Å²) in [6, 6.07) is 5.80. The van der Waals surface area contributed by atoms with Crippen molar-refractivity contribution in [3.8, 4) is 6.07 Å². The van der Waals surface area contributed by atoms with Gasteiger partial charge in [0.05, 0.1) is 16.6 Å². The molecule has 0 aromatic carbocycles. The second-order valence-corrected chi connectivity index (χ2v) is 3.43. The minimum atomic E-state index is 0.547. The van der Waals surface area contributed by atoms with E-state index in [-0.39, 0.29) is 0 Å². The second-order valence-electron chi connectivity index (χ2n) is 2.14. The number of allylic oxidation sites excluding steroid dienone is 1. The molecule has 11 heavy (non-hydrogen) atoms. The number of thiophene rings is 1. The van der Waals surface area contributed by atoms with Crippen molar-refractivity contribution in [1.29, 1.82) is 5.26 Å². The Bertz CT molecular complexity index is 317. The van der Waals surface area contributed by atoms with Gasteiger partial charge in [0.2, 0.25) is 0 Å². The Hall–Kier alpha value is -1.27. The van der Waals surface area contributed by atoms with Crippen molar-refractivity contribution in [3.63, 3.8) is 0 Å². The van der Waals surface area contributed by atoms with Gasteiger partial charge in [0.1, 0.15) is 0 Å². The number of nitrogens with zero attached hydrogens (tertiary/aromatic N) is 1. The number of hydrogen-bond donors (Lipinski definition) is 1. The number of nitriles is 1. The first kappa shape index (κ1) is 7.83. The molecule has 0 saturated heterocycles. The average Bonchev–Trinajstić information content (AvgIpc) is 2.36. The Morgan fingerprint density at radius 2 is 2.45 bits per heavy atom. The summed E-state index contributed by atoms with van der Waals surface area (Å²) in [5.41, 5.74) is 6.11. The fourth-order valence-corrected chi connectivity index (χ4v) is 1.53. The summed E-state index contributed by atoms with van der Waals surface area (Å²) < 4.78 is 0. The van der Waals surface area contributed by atoms with E-state index in [0.29, 0.717) is 5.70 Å². The second kappa shape index (κ2) is 3.22. The van der Waals surface area contributed by atoms with E-state index in [4.69, 9.17) is 11.0 Å². The molecule has 2 N–H and O–H groups in total. The highest BCUT2D eigenvalue weighted by Crippen LogP contribution is 2.19. The topological polar surface area (TPSA) is 49.8 Å². The molecule has 56 valence electrons. The van der Waals surface area contributed by atoms with E-state index in [0.717, 1.165) is 4.88 Å². The van der Waals surface area contributed by atoms with E-state index in [1.165, 1.54) is 11.0 Å². The highest BCUT2D eigenvalue weighted by Gasteiger charge is 1.97. The molecule has 0 saturated carbocycles. The Morgan fingerprint density at radius 3 is 2.91 bits per heavy atom. The monoisotopic (exact) mass is 164 g/mol. The van der Waals surface area contributed by atoms with Gasteiger partial charge in [-0.15, -0.1) is 11.3 Å². The van der Waals surface area contributed by atoms with Gasteiger partial charge in [-0.1, -0.05) is 0 Å². The predicted octanol–water partition coefficient (Wildman–Crippen LogP) is 1.88. The van der Waals surface area contributed by atoms with Gasteiger partial charge in [0, 0.05) is 11.0 Å². The Kier molecular flexibility index (Phi) is 2.29. The van der Waals surface area contributed by atoms with Gasteiger partial charge < -0.3 is 5.73 Å². The summed E-state index contributed by atoms with van der Waals surface area (Å²) >= 11 is 1.59. The van der Waals surface area contributed by atoms with Crippen LogP contribution < -0.4 is 5.73 Å². The van der Waals surface area contributed by atoms with Crippen LogP contribution in [0.25, 0.3) is 5.70 Å². The van der Waals surface area contributed by atoms with Crippen LogP contribution in [0.3, 0.4) is 0 Å². The zero-order valence-corrected chi connectivity index (χ0v) is 6.98. The van der Waals surface area contributed by atoms with Gasteiger partial charge in [-0.3, -0.25) is 0 Å². The van der Waals surface area contributed by atoms with Gasteiger partial charge in [-0.25, -0.2) is 0 Å². The highest BCUT2D eigenvalue weighted by atomic mass is 32.1. The minimum Gasteiger partial charge on any atom is -0.397 e. The van der Waals surface area contributed by atoms with Gasteiger partial charge in [0.25, 0.3) is 0 Å². The summed E-state index contributed by atoms with van der Waals surface area (Å²) in [7, 11) is 0. The van der Waals surface area contributed by atoms with Crippen molar-refractivity contribution in [2.24, 2.45) is 5.73 Å². The third-order valence-electron chi connectivity index (χ3n) is 1.24. The number of rotatable bonds is 1. The lowest BCUT2D eigenvalue weighted by Gasteiger charge is -1.90. The normalized spacial score (nSPS) is 11.1. The highest BCUT2D eigenvalue weighted by molar-refractivity contribution is 7.13. The van der Waals surface area contributed by atoms with E-state index in [1.807, 2.05) is 25.1 Å². The first-order valence-corrected chi connectivity index (χ1v) is 3.98. The fourth-order valence-electron chi connectivity index (χ4n) is 0.730. The summed E-state index contributed by atoms with van der Waals surface area (Å²) in [6.07, 6.45) is 1.35. The smallest absolute Gasteiger partial charge is 0.0934 e. The van der Waals surface area contributed by atoms with E-state index in [9.17, 15) is 0 Å². The van der Waals surface area contributed by atoms with E-state index in [2.05, 4.69) is 0 Å². The third kappa shape index (κ3) is 1.82. The molecular formula is C8H8N2S. The number of aryl methyl sites for hydroxylation is 1. The van der Waals surface area contributed by atoms with Crippen molar-refractivity contribution in [2.45, 2.75) is 6.92 Å². The molecule has 1 rings (SSSR count). The van der Waals surface area contributed by atoms with Crippen LogP contribution >= 0.6 is 11.3 Å². The molecule has 0 fully saturated rings. The zero-order chi connectivity index (χ0) is 8.27. The van der Waals surface area contributed by atoms with Crippen LogP contribution in [-0.2, 0) is 0 Å². The maximum absolute atomic E-state index is 8.30. The fraction of sp³-hybridized carbons (Fsp3) is 0.125. The maximum atomic E-state index is 8.30. The van der Waals surface area contributed by atoms with Crippen LogP contribution in [0, 0.1) is 18.3 Å². The van der Waals surface area contributed by atoms with Crippen LogP contribution in [0.15, 0.2) is 18.2 Å². The SMILES string of the molecule is Cc1ccc(/C(N)=C/C#N)s1. The minimum absolute atomic E-state index is 0.547. The quantitative estimate of drug-likeness (QED) is 0.644. The Balaban J connectivity index is 2.95. The van der Waals surface area contributed by atoms with E-state index in [1.54, 1.807) is 11.3 Å². The van der Waals surface area contributed by atoms with Crippen LogP contribution in [0.5, 0.6) is 0 Å². The molecule has 1 aromatic heterocycles. The van der Waals surface area contributed by atoms with Crippen molar-refractivity contribution in [3.05, 3.63) is 28.0 Å². The Morgan fingerprint density at radius 1 is 1.73 bits per heavy atom. The molecule has 3 heteroatoms. The molecule has 0 radical (unpaired) electrons. The standard InChI is InChI=1S/C8H8N2S/c1-6-2-3-8(11-6)7(10)4-5-9/h2-4H,10H2,1H3/b7-4-. The lowest BCUT2D eigenvalue weighted by molar-refractivity contribution is 1.52. The number of hydrogen-bond acceptors (Lipinski definition) is 3. The number of nitrogens with two attached hydrogens (primary N) is 1. The molecule has 0 aliphatic carbocycles. The van der Waals surface area contributed by atoms with Crippen molar-refractivity contribution < 1.29 is 0 Å².